The molecule has 21 heavy (non-hydrogen) atoms. The van der Waals surface area contributed by atoms with Crippen LogP contribution in [-0.4, -0.2) is 24.5 Å². The van der Waals surface area contributed by atoms with Crippen LogP contribution in [0.2, 0.25) is 0 Å². The van der Waals surface area contributed by atoms with Crippen molar-refractivity contribution in [3.63, 3.8) is 0 Å². The van der Waals surface area contributed by atoms with Gasteiger partial charge >= 0.3 is 5.97 Å². The quantitative estimate of drug-likeness (QED) is 0.461. The van der Waals surface area contributed by atoms with Crippen molar-refractivity contribution in [1.29, 1.82) is 0 Å². The third-order valence-electron chi connectivity index (χ3n) is 3.54. The summed E-state index contributed by atoms with van der Waals surface area (Å²) in [4.78, 5) is 23.7. The van der Waals surface area contributed by atoms with Crippen molar-refractivity contribution in [3.8, 4) is 0 Å². The molecule has 1 fully saturated rings. The molecule has 1 amide bonds. The van der Waals surface area contributed by atoms with Crippen molar-refractivity contribution in [2.45, 2.75) is 38.1 Å². The third-order valence-corrected chi connectivity index (χ3v) is 4.21. The molecule has 0 heterocycles. The summed E-state index contributed by atoms with van der Waals surface area (Å²) in [5, 5.41) is 2.90. The molecule has 3 N–H and O–H groups in total. The van der Waals surface area contributed by atoms with Crippen LogP contribution in [0.5, 0.6) is 0 Å². The summed E-state index contributed by atoms with van der Waals surface area (Å²) in [5.74, 6) is -0.816. The number of rotatable bonds is 4. The molecule has 1 aliphatic rings. The van der Waals surface area contributed by atoms with E-state index in [1.807, 2.05) is 6.07 Å². The molecule has 0 aromatic heterocycles. The number of ether oxygens (including phenoxy) is 1. The summed E-state index contributed by atoms with van der Waals surface area (Å²) in [5.41, 5.74) is 6.39. The van der Waals surface area contributed by atoms with Crippen LogP contribution in [0.4, 0.5) is 5.69 Å². The molecule has 114 valence electrons. The van der Waals surface area contributed by atoms with Crippen LogP contribution in [0.25, 0.3) is 0 Å². The Hall–Kier alpha value is -1.31. The minimum absolute atomic E-state index is 0.215. The summed E-state index contributed by atoms with van der Waals surface area (Å²) in [6.45, 7) is -0.264. The average Bonchev–Trinajstić information content (AvgIpc) is 2.48. The minimum Gasteiger partial charge on any atom is -0.452 e. The Labute approximate surface area is 137 Å². The van der Waals surface area contributed by atoms with Crippen LogP contribution in [-0.2, 0) is 9.53 Å². The van der Waals surface area contributed by atoms with Gasteiger partial charge in [-0.1, -0.05) is 19.3 Å². The second-order valence-electron chi connectivity index (χ2n) is 5.21. The fourth-order valence-corrected chi connectivity index (χ4v) is 2.92. The Balaban J connectivity index is 1.82. The van der Waals surface area contributed by atoms with Crippen LogP contribution in [0.3, 0.4) is 0 Å². The van der Waals surface area contributed by atoms with Crippen LogP contribution in [0, 0.1) is 3.57 Å². The Morgan fingerprint density at radius 1 is 1.29 bits per heavy atom. The largest absolute Gasteiger partial charge is 0.452 e. The molecule has 1 aromatic carbocycles. The molecule has 0 radical (unpaired) electrons. The number of nitrogen functional groups attached to an aromatic ring is 1. The fraction of sp³-hybridized carbons (Fsp3) is 0.467. The zero-order chi connectivity index (χ0) is 15.2. The van der Waals surface area contributed by atoms with E-state index >= 15 is 0 Å². The number of carbonyl (C=O) groups is 2. The predicted octanol–water partition coefficient (Wildman–Crippen LogP) is 2.48. The monoisotopic (exact) mass is 402 g/mol. The SMILES string of the molecule is Nc1ccc(I)cc1C(=O)OCC(=O)NC1CCCCC1. The van der Waals surface area contributed by atoms with E-state index in [0.29, 0.717) is 11.3 Å². The van der Waals surface area contributed by atoms with Gasteiger partial charge in [0, 0.05) is 15.3 Å². The van der Waals surface area contributed by atoms with Gasteiger partial charge in [-0.2, -0.15) is 0 Å². The Kier molecular flexibility index (Phi) is 5.84. The lowest BCUT2D eigenvalue weighted by atomic mass is 9.95. The normalized spacial score (nSPS) is 15.5. The first-order valence-corrected chi connectivity index (χ1v) is 8.15. The average molecular weight is 402 g/mol. The third kappa shape index (κ3) is 4.87. The highest BCUT2D eigenvalue weighted by Crippen LogP contribution is 2.18. The molecule has 0 unspecified atom stereocenters. The number of nitrogens with two attached hydrogens (primary N) is 1. The van der Waals surface area contributed by atoms with E-state index in [2.05, 4.69) is 27.9 Å². The smallest absolute Gasteiger partial charge is 0.340 e. The molecule has 0 spiro atoms. The number of esters is 1. The highest BCUT2D eigenvalue weighted by atomic mass is 127. The number of hydrogen-bond acceptors (Lipinski definition) is 4. The molecule has 0 saturated heterocycles. The maximum atomic E-state index is 11.9. The second-order valence-corrected chi connectivity index (χ2v) is 6.46. The summed E-state index contributed by atoms with van der Waals surface area (Å²) in [6, 6.07) is 5.33. The number of carbonyl (C=O) groups excluding carboxylic acids is 2. The lowest BCUT2D eigenvalue weighted by Gasteiger charge is -2.22. The molecular weight excluding hydrogens is 383 g/mol. The van der Waals surface area contributed by atoms with Crippen LogP contribution < -0.4 is 11.1 Å². The van der Waals surface area contributed by atoms with Gasteiger partial charge in [-0.05, 0) is 53.6 Å². The van der Waals surface area contributed by atoms with Gasteiger partial charge in [0.25, 0.3) is 5.91 Å². The highest BCUT2D eigenvalue weighted by Gasteiger charge is 2.18. The lowest BCUT2D eigenvalue weighted by molar-refractivity contribution is -0.125. The fourth-order valence-electron chi connectivity index (χ4n) is 2.43. The van der Waals surface area contributed by atoms with Gasteiger partial charge in [0.15, 0.2) is 6.61 Å². The summed E-state index contributed by atoms with van der Waals surface area (Å²) < 4.78 is 5.92. The number of halogens is 1. The summed E-state index contributed by atoms with van der Waals surface area (Å²) in [7, 11) is 0. The van der Waals surface area contributed by atoms with Crippen molar-refractivity contribution in [3.05, 3.63) is 27.3 Å². The van der Waals surface area contributed by atoms with Gasteiger partial charge in [-0.25, -0.2) is 4.79 Å². The van der Waals surface area contributed by atoms with Gasteiger partial charge in [-0.3, -0.25) is 4.79 Å². The molecule has 5 nitrogen and oxygen atoms in total. The van der Waals surface area contributed by atoms with Crippen molar-refractivity contribution in [2.75, 3.05) is 12.3 Å². The minimum atomic E-state index is -0.565. The van der Waals surface area contributed by atoms with E-state index in [1.54, 1.807) is 12.1 Å². The number of anilines is 1. The lowest BCUT2D eigenvalue weighted by Crippen LogP contribution is -2.38. The zero-order valence-corrected chi connectivity index (χ0v) is 13.9. The zero-order valence-electron chi connectivity index (χ0n) is 11.7. The van der Waals surface area contributed by atoms with Crippen LogP contribution in [0.1, 0.15) is 42.5 Å². The van der Waals surface area contributed by atoms with Crippen molar-refractivity contribution < 1.29 is 14.3 Å². The van der Waals surface area contributed by atoms with Gasteiger partial charge in [-0.15, -0.1) is 0 Å². The first kappa shape index (κ1) is 16.1. The van der Waals surface area contributed by atoms with Crippen molar-refractivity contribution >= 4 is 40.2 Å². The number of amides is 1. The van der Waals surface area contributed by atoms with Gasteiger partial charge < -0.3 is 15.8 Å². The van der Waals surface area contributed by atoms with Crippen LogP contribution in [0.15, 0.2) is 18.2 Å². The summed E-state index contributed by atoms with van der Waals surface area (Å²) >= 11 is 2.09. The highest BCUT2D eigenvalue weighted by molar-refractivity contribution is 14.1. The molecular formula is C15H19IN2O3. The maximum Gasteiger partial charge on any atom is 0.340 e. The van der Waals surface area contributed by atoms with E-state index in [1.165, 1.54) is 6.42 Å². The standard InChI is InChI=1S/C15H19IN2O3/c16-10-6-7-13(17)12(8-10)15(20)21-9-14(19)18-11-4-2-1-3-5-11/h6-8,11H,1-5,9,17H2,(H,18,19). The van der Waals surface area contributed by atoms with Crippen molar-refractivity contribution in [2.24, 2.45) is 0 Å². The number of benzene rings is 1. The van der Waals surface area contributed by atoms with E-state index in [0.717, 1.165) is 29.3 Å². The molecule has 6 heteroatoms. The summed E-state index contributed by atoms with van der Waals surface area (Å²) in [6.07, 6.45) is 5.52. The molecule has 0 aliphatic heterocycles. The predicted molar refractivity (Wildman–Crippen MR) is 88.9 cm³/mol. The molecule has 1 aliphatic carbocycles. The Morgan fingerprint density at radius 2 is 2.00 bits per heavy atom. The van der Waals surface area contributed by atoms with Crippen LogP contribution >= 0.6 is 22.6 Å². The van der Waals surface area contributed by atoms with E-state index in [4.69, 9.17) is 10.5 Å². The van der Waals surface area contributed by atoms with E-state index in [-0.39, 0.29) is 18.6 Å². The molecule has 1 aromatic rings. The maximum absolute atomic E-state index is 11.9. The van der Waals surface area contributed by atoms with Gasteiger partial charge in [0.05, 0.1) is 5.56 Å². The first-order chi connectivity index (χ1) is 10.1. The molecule has 0 atom stereocenters. The van der Waals surface area contributed by atoms with E-state index < -0.39 is 5.97 Å². The molecule has 1 saturated carbocycles. The van der Waals surface area contributed by atoms with E-state index in [9.17, 15) is 9.59 Å². The Bertz CT molecular complexity index is 528. The first-order valence-electron chi connectivity index (χ1n) is 7.08. The van der Waals surface area contributed by atoms with Gasteiger partial charge in [0.1, 0.15) is 0 Å². The topological polar surface area (TPSA) is 81.4 Å². The van der Waals surface area contributed by atoms with Gasteiger partial charge in [0.2, 0.25) is 0 Å². The molecule has 2 rings (SSSR count). The molecule has 0 bridgehead atoms. The number of nitrogens with one attached hydrogen (secondary N) is 1. The number of hydrogen-bond donors (Lipinski definition) is 2. The second kappa shape index (κ2) is 7.63. The van der Waals surface area contributed by atoms with Crippen molar-refractivity contribution in [1.82, 2.24) is 5.32 Å². The Morgan fingerprint density at radius 3 is 2.71 bits per heavy atom.